The summed E-state index contributed by atoms with van der Waals surface area (Å²) in [7, 11) is 0. The van der Waals surface area contributed by atoms with E-state index in [2.05, 4.69) is 24.1 Å². The molecule has 1 N–H and O–H groups in total. The Balaban J connectivity index is 1.49. The van der Waals surface area contributed by atoms with Crippen LogP contribution in [0, 0.1) is 23.2 Å². The summed E-state index contributed by atoms with van der Waals surface area (Å²) in [5, 5.41) is 3.91. The first-order valence-corrected chi connectivity index (χ1v) is 9.17. The lowest BCUT2D eigenvalue weighted by molar-refractivity contribution is -0.0718. The molecule has 20 heavy (non-hydrogen) atoms. The van der Waals surface area contributed by atoms with Gasteiger partial charge in [0.25, 0.3) is 0 Å². The molecule has 4 bridgehead atoms. The summed E-state index contributed by atoms with van der Waals surface area (Å²) < 4.78 is 0. The fourth-order valence-corrected chi connectivity index (χ4v) is 6.42. The van der Waals surface area contributed by atoms with Crippen molar-refractivity contribution in [2.75, 3.05) is 0 Å². The van der Waals surface area contributed by atoms with Crippen molar-refractivity contribution in [2.24, 2.45) is 23.2 Å². The van der Waals surface area contributed by atoms with Crippen molar-refractivity contribution in [2.45, 2.75) is 64.5 Å². The zero-order valence-corrected chi connectivity index (χ0v) is 13.5. The maximum atomic E-state index is 4.22. The minimum absolute atomic E-state index is 0.450. The van der Waals surface area contributed by atoms with Crippen molar-refractivity contribution < 1.29 is 0 Å². The first-order chi connectivity index (χ1) is 9.64. The Morgan fingerprint density at radius 3 is 2.25 bits per heavy atom. The molecule has 1 aromatic heterocycles. The van der Waals surface area contributed by atoms with Crippen LogP contribution >= 0.6 is 11.3 Å². The summed E-state index contributed by atoms with van der Waals surface area (Å²) in [6.07, 6.45) is 11.1. The Bertz CT molecular complexity index is 432. The Morgan fingerprint density at radius 1 is 1.15 bits per heavy atom. The fourth-order valence-electron chi connectivity index (χ4n) is 5.78. The van der Waals surface area contributed by atoms with Gasteiger partial charge in [0.05, 0.1) is 5.51 Å². The van der Waals surface area contributed by atoms with Crippen molar-refractivity contribution in [1.29, 1.82) is 0 Å². The summed E-state index contributed by atoms with van der Waals surface area (Å²) in [5.74, 6) is 3.14. The molecule has 4 fully saturated rings. The molecule has 4 aliphatic rings. The molecule has 110 valence electrons. The van der Waals surface area contributed by atoms with E-state index >= 15 is 0 Å². The van der Waals surface area contributed by atoms with Crippen LogP contribution in [0.2, 0.25) is 0 Å². The van der Waals surface area contributed by atoms with E-state index in [9.17, 15) is 0 Å². The van der Waals surface area contributed by atoms with Gasteiger partial charge in [0.2, 0.25) is 0 Å². The van der Waals surface area contributed by atoms with Crippen LogP contribution in [0.1, 0.15) is 63.3 Å². The highest BCUT2D eigenvalue weighted by atomic mass is 32.1. The normalized spacial score (nSPS) is 41.8. The molecule has 4 aliphatic carbocycles. The number of thiazole rings is 1. The van der Waals surface area contributed by atoms with Gasteiger partial charge in [-0.3, -0.25) is 4.98 Å². The molecule has 0 aliphatic heterocycles. The van der Waals surface area contributed by atoms with E-state index in [-0.39, 0.29) is 0 Å². The summed E-state index contributed by atoms with van der Waals surface area (Å²) in [4.78, 5) is 5.60. The third-order valence-electron chi connectivity index (χ3n) is 6.38. The van der Waals surface area contributed by atoms with Gasteiger partial charge in [-0.1, -0.05) is 0 Å². The lowest BCUT2D eigenvalue weighted by atomic mass is 9.48. The minimum Gasteiger partial charge on any atom is -0.306 e. The topological polar surface area (TPSA) is 24.9 Å². The van der Waals surface area contributed by atoms with E-state index in [1.54, 1.807) is 11.3 Å². The predicted octanol–water partition coefficient (Wildman–Crippen LogP) is 4.40. The first-order valence-electron chi connectivity index (χ1n) is 8.29. The highest BCUT2D eigenvalue weighted by Gasteiger charge is 2.53. The van der Waals surface area contributed by atoms with E-state index in [0.29, 0.717) is 17.5 Å². The molecule has 0 spiro atoms. The second-order valence-electron chi connectivity index (χ2n) is 7.79. The van der Waals surface area contributed by atoms with Gasteiger partial charge in [-0.05, 0) is 75.5 Å². The van der Waals surface area contributed by atoms with Crippen molar-refractivity contribution >= 4 is 11.3 Å². The number of aromatic nitrogens is 1. The van der Waals surface area contributed by atoms with Gasteiger partial charge in [0.1, 0.15) is 0 Å². The summed E-state index contributed by atoms with van der Waals surface area (Å²) in [5.41, 5.74) is 2.55. The van der Waals surface area contributed by atoms with Crippen LogP contribution in [-0.2, 0) is 0 Å². The molecular formula is C17H26N2S. The third kappa shape index (κ3) is 2.14. The predicted molar refractivity (Wildman–Crippen MR) is 83.7 cm³/mol. The quantitative estimate of drug-likeness (QED) is 0.889. The van der Waals surface area contributed by atoms with Crippen molar-refractivity contribution in [3.63, 3.8) is 0 Å². The minimum atomic E-state index is 0.450. The number of nitrogens with one attached hydrogen (secondary N) is 1. The SMILES string of the molecule is CC(NC(C)C12CC3CC(CC(C3)C1)C2)c1cncs1. The molecule has 0 radical (unpaired) electrons. The van der Waals surface area contributed by atoms with E-state index in [4.69, 9.17) is 0 Å². The average Bonchev–Trinajstić information content (AvgIpc) is 2.90. The van der Waals surface area contributed by atoms with Gasteiger partial charge >= 0.3 is 0 Å². The molecule has 3 heteroatoms. The van der Waals surface area contributed by atoms with Crippen LogP contribution in [0.5, 0.6) is 0 Å². The number of rotatable bonds is 4. The zero-order chi connectivity index (χ0) is 13.7. The van der Waals surface area contributed by atoms with Crippen LogP contribution in [0.3, 0.4) is 0 Å². The highest BCUT2D eigenvalue weighted by molar-refractivity contribution is 7.09. The molecule has 0 aromatic carbocycles. The molecule has 0 saturated heterocycles. The number of hydrogen-bond acceptors (Lipinski definition) is 3. The molecule has 0 amide bonds. The zero-order valence-electron chi connectivity index (χ0n) is 12.6. The Kier molecular flexibility index (Phi) is 3.19. The highest BCUT2D eigenvalue weighted by Crippen LogP contribution is 2.61. The number of hydrogen-bond donors (Lipinski definition) is 1. The smallest absolute Gasteiger partial charge is 0.0794 e. The average molecular weight is 290 g/mol. The third-order valence-corrected chi connectivity index (χ3v) is 7.34. The van der Waals surface area contributed by atoms with Crippen LogP contribution in [0.15, 0.2) is 11.7 Å². The maximum absolute atomic E-state index is 4.22. The monoisotopic (exact) mass is 290 g/mol. The van der Waals surface area contributed by atoms with E-state index in [1.165, 1.54) is 43.4 Å². The lowest BCUT2D eigenvalue weighted by Crippen LogP contribution is -2.55. The molecule has 5 rings (SSSR count). The van der Waals surface area contributed by atoms with Crippen molar-refractivity contribution in [1.82, 2.24) is 10.3 Å². The second kappa shape index (κ2) is 4.81. The molecule has 2 unspecified atom stereocenters. The van der Waals surface area contributed by atoms with Gasteiger partial charge in [-0.15, -0.1) is 11.3 Å². The van der Waals surface area contributed by atoms with Gasteiger partial charge in [0, 0.05) is 23.2 Å². The lowest BCUT2D eigenvalue weighted by Gasteiger charge is -2.59. The molecule has 2 atom stereocenters. The summed E-state index contributed by atoms with van der Waals surface area (Å²) in [6.45, 7) is 4.75. The fraction of sp³-hybridized carbons (Fsp3) is 0.824. The first kappa shape index (κ1) is 13.3. The molecule has 1 heterocycles. The molecule has 4 saturated carbocycles. The van der Waals surface area contributed by atoms with Crippen LogP contribution in [0.4, 0.5) is 0 Å². The summed E-state index contributed by atoms with van der Waals surface area (Å²) >= 11 is 1.78. The van der Waals surface area contributed by atoms with Crippen LogP contribution in [-0.4, -0.2) is 11.0 Å². The maximum Gasteiger partial charge on any atom is 0.0794 e. The Hall–Kier alpha value is -0.410. The summed E-state index contributed by atoms with van der Waals surface area (Å²) in [6, 6.07) is 1.10. The molecule has 2 nitrogen and oxygen atoms in total. The second-order valence-corrected chi connectivity index (χ2v) is 8.71. The number of nitrogens with zero attached hydrogens (tertiary/aromatic N) is 1. The van der Waals surface area contributed by atoms with Crippen LogP contribution < -0.4 is 5.32 Å². The Morgan fingerprint density at radius 2 is 1.75 bits per heavy atom. The van der Waals surface area contributed by atoms with Gasteiger partial charge < -0.3 is 5.32 Å². The van der Waals surface area contributed by atoms with Gasteiger partial charge in [-0.25, -0.2) is 0 Å². The van der Waals surface area contributed by atoms with Gasteiger partial charge in [0.15, 0.2) is 0 Å². The standard InChI is InChI=1S/C17H26N2S/c1-11(16-9-18-10-20-16)19-12(2)17-6-13-3-14(7-17)5-15(4-13)8-17/h9-15,19H,3-8H2,1-2H3. The van der Waals surface area contributed by atoms with Crippen molar-refractivity contribution in [3.05, 3.63) is 16.6 Å². The molecular weight excluding hydrogens is 264 g/mol. The van der Waals surface area contributed by atoms with E-state index < -0.39 is 0 Å². The van der Waals surface area contributed by atoms with E-state index in [1.807, 2.05) is 11.7 Å². The molecule has 1 aromatic rings. The van der Waals surface area contributed by atoms with Crippen molar-refractivity contribution in [3.8, 4) is 0 Å². The Labute approximate surface area is 126 Å². The van der Waals surface area contributed by atoms with Crippen LogP contribution in [0.25, 0.3) is 0 Å². The van der Waals surface area contributed by atoms with Gasteiger partial charge in [-0.2, -0.15) is 0 Å². The largest absolute Gasteiger partial charge is 0.306 e. The van der Waals surface area contributed by atoms with E-state index in [0.717, 1.165) is 17.8 Å².